The number of amides is 2. The molecule has 3 rings (SSSR count). The van der Waals surface area contributed by atoms with Crippen molar-refractivity contribution in [3.05, 3.63) is 77.5 Å². The van der Waals surface area contributed by atoms with Crippen LogP contribution in [0.2, 0.25) is 0 Å². The number of halogens is 3. The SMILES string of the molecule is CSCC[C@H](NC(=O)c1ccc(NC(=O)C2=C(C(F)(F)F)C=CNC2)cc1-c1ccccc1)C(=O)[O-].[Na+]. The third-order valence-corrected chi connectivity index (χ3v) is 6.00. The first-order chi connectivity index (χ1) is 17.1. The number of carbonyl (C=O) groups is 3. The maximum Gasteiger partial charge on any atom is 1.00 e. The summed E-state index contributed by atoms with van der Waals surface area (Å²) in [5.41, 5.74) is -0.273. The summed E-state index contributed by atoms with van der Waals surface area (Å²) in [6.45, 7) is -0.302. The largest absolute Gasteiger partial charge is 1.00 e. The summed E-state index contributed by atoms with van der Waals surface area (Å²) >= 11 is 1.43. The number of dihydropyridines is 1. The first-order valence-electron chi connectivity index (χ1n) is 10.8. The Morgan fingerprint density at radius 2 is 1.81 bits per heavy atom. The zero-order valence-corrected chi connectivity index (χ0v) is 23.0. The zero-order chi connectivity index (χ0) is 26.3. The van der Waals surface area contributed by atoms with Crippen molar-refractivity contribution in [2.45, 2.75) is 18.6 Å². The molecule has 2 amide bonds. The van der Waals surface area contributed by atoms with Crippen LogP contribution in [0.1, 0.15) is 16.8 Å². The van der Waals surface area contributed by atoms with Crippen LogP contribution in [-0.2, 0) is 9.59 Å². The Kier molecular flexibility index (Phi) is 11.3. The number of allylic oxidation sites excluding steroid dienone is 2. The summed E-state index contributed by atoms with van der Waals surface area (Å²) in [5, 5.41) is 19.0. The first-order valence-corrected chi connectivity index (χ1v) is 12.2. The molecule has 3 N–H and O–H groups in total. The molecule has 37 heavy (non-hydrogen) atoms. The number of nitrogens with one attached hydrogen (secondary N) is 3. The Hall–Kier alpha value is -2.73. The number of hydrogen-bond donors (Lipinski definition) is 3. The number of carbonyl (C=O) groups excluding carboxylic acids is 3. The fourth-order valence-corrected chi connectivity index (χ4v) is 4.04. The van der Waals surface area contributed by atoms with Gasteiger partial charge in [0.2, 0.25) is 0 Å². The van der Waals surface area contributed by atoms with Gasteiger partial charge in [-0.05, 0) is 60.0 Å². The molecule has 1 aliphatic heterocycles. The normalized spacial score (nSPS) is 13.7. The van der Waals surface area contributed by atoms with E-state index in [-0.39, 0.29) is 53.8 Å². The maximum atomic E-state index is 13.3. The molecule has 0 radical (unpaired) electrons. The van der Waals surface area contributed by atoms with Crippen LogP contribution in [0.4, 0.5) is 18.9 Å². The predicted octanol–water partition coefficient (Wildman–Crippen LogP) is -0.127. The quantitative estimate of drug-likeness (QED) is 0.382. The first kappa shape index (κ1) is 30.5. The van der Waals surface area contributed by atoms with E-state index in [1.54, 1.807) is 30.3 Å². The summed E-state index contributed by atoms with van der Waals surface area (Å²) < 4.78 is 40.0. The van der Waals surface area contributed by atoms with Crippen LogP contribution in [0.15, 0.2) is 72.0 Å². The monoisotopic (exact) mass is 541 g/mol. The molecule has 1 heterocycles. The van der Waals surface area contributed by atoms with E-state index in [0.29, 0.717) is 16.9 Å². The van der Waals surface area contributed by atoms with E-state index in [2.05, 4.69) is 16.0 Å². The molecule has 1 aliphatic rings. The smallest absolute Gasteiger partial charge is 0.548 e. The van der Waals surface area contributed by atoms with Gasteiger partial charge in [-0.2, -0.15) is 24.9 Å². The number of anilines is 1. The van der Waals surface area contributed by atoms with Crippen molar-refractivity contribution in [2.24, 2.45) is 0 Å². The summed E-state index contributed by atoms with van der Waals surface area (Å²) in [5.74, 6) is -2.52. The number of aliphatic carboxylic acids is 1. The van der Waals surface area contributed by atoms with Crippen LogP contribution >= 0.6 is 11.8 Å². The molecule has 12 heteroatoms. The molecule has 0 spiro atoms. The summed E-state index contributed by atoms with van der Waals surface area (Å²) in [6, 6.07) is 11.6. The molecule has 1 atom stereocenters. The molecule has 0 fully saturated rings. The Morgan fingerprint density at radius 1 is 1.11 bits per heavy atom. The fourth-order valence-electron chi connectivity index (χ4n) is 3.57. The van der Waals surface area contributed by atoms with E-state index in [1.807, 2.05) is 6.26 Å². The van der Waals surface area contributed by atoms with E-state index in [1.165, 1.54) is 30.0 Å². The Balaban J connectivity index is 0.00000481. The third-order valence-electron chi connectivity index (χ3n) is 5.36. The van der Waals surface area contributed by atoms with Gasteiger partial charge in [0.15, 0.2) is 0 Å². The molecular formula is C25H23F3N3NaO4S. The standard InChI is InChI=1S/C25H24F3N3O4S.Na/c1-36-12-10-21(24(34)35)31-22(32)17-8-7-16(13-18(17)15-5-3-2-4-6-15)30-23(33)19-14-29-11-9-20(19)25(26,27)28;/h2-9,11,13,21,29H,10,12,14H2,1H3,(H,30,33)(H,31,32)(H,34,35);/q;+1/p-1/t21-;/m0./s1. The van der Waals surface area contributed by atoms with Crippen molar-refractivity contribution >= 4 is 35.2 Å². The van der Waals surface area contributed by atoms with Gasteiger partial charge in [0.25, 0.3) is 11.8 Å². The second-order valence-electron chi connectivity index (χ2n) is 7.81. The number of rotatable bonds is 9. The van der Waals surface area contributed by atoms with Crippen LogP contribution in [0, 0.1) is 0 Å². The summed E-state index contributed by atoms with van der Waals surface area (Å²) in [6.07, 6.45) is -0.800. The molecule has 0 bridgehead atoms. The van der Waals surface area contributed by atoms with Gasteiger partial charge in [-0.1, -0.05) is 30.3 Å². The number of carboxylic acid groups (broad SMARTS) is 1. The molecule has 0 aromatic heterocycles. The van der Waals surface area contributed by atoms with Gasteiger partial charge in [-0.3, -0.25) is 9.59 Å². The third kappa shape index (κ3) is 8.13. The average Bonchev–Trinajstić information content (AvgIpc) is 2.86. The Morgan fingerprint density at radius 3 is 2.43 bits per heavy atom. The van der Waals surface area contributed by atoms with E-state index in [9.17, 15) is 32.7 Å². The number of thioether (sulfide) groups is 1. The molecule has 2 aromatic carbocycles. The van der Waals surface area contributed by atoms with Gasteiger partial charge in [0.1, 0.15) is 0 Å². The van der Waals surface area contributed by atoms with Crippen LogP contribution in [-0.4, -0.2) is 48.6 Å². The zero-order valence-electron chi connectivity index (χ0n) is 20.1. The second kappa shape index (κ2) is 13.7. The van der Waals surface area contributed by atoms with Crippen molar-refractivity contribution in [3.8, 4) is 11.1 Å². The van der Waals surface area contributed by atoms with E-state index in [4.69, 9.17) is 0 Å². The van der Waals surface area contributed by atoms with Crippen molar-refractivity contribution < 1.29 is 62.2 Å². The molecule has 0 aliphatic carbocycles. The second-order valence-corrected chi connectivity index (χ2v) is 8.80. The van der Waals surface area contributed by atoms with Crippen LogP contribution in [0.5, 0.6) is 0 Å². The molecule has 0 saturated heterocycles. The van der Waals surface area contributed by atoms with Crippen molar-refractivity contribution in [1.82, 2.24) is 10.6 Å². The molecular weight excluding hydrogens is 518 g/mol. The van der Waals surface area contributed by atoms with E-state index < -0.39 is 41.1 Å². The minimum atomic E-state index is -4.70. The van der Waals surface area contributed by atoms with Crippen molar-refractivity contribution in [3.63, 3.8) is 0 Å². The average molecular weight is 542 g/mol. The minimum Gasteiger partial charge on any atom is -0.548 e. The van der Waals surface area contributed by atoms with Gasteiger partial charge in [-0.15, -0.1) is 0 Å². The molecule has 190 valence electrons. The van der Waals surface area contributed by atoms with E-state index >= 15 is 0 Å². The van der Waals surface area contributed by atoms with Gasteiger partial charge in [0, 0.05) is 23.4 Å². The fraction of sp³-hybridized carbons (Fsp3) is 0.240. The molecule has 7 nitrogen and oxygen atoms in total. The number of hydrogen-bond acceptors (Lipinski definition) is 6. The van der Waals surface area contributed by atoms with Gasteiger partial charge in [0.05, 0.1) is 17.6 Å². The molecule has 0 saturated carbocycles. The van der Waals surface area contributed by atoms with Gasteiger partial charge in [-0.25, -0.2) is 0 Å². The maximum absolute atomic E-state index is 13.3. The van der Waals surface area contributed by atoms with Crippen molar-refractivity contribution in [1.29, 1.82) is 0 Å². The minimum absolute atomic E-state index is 0. The number of carboxylic acids is 1. The number of alkyl halides is 3. The van der Waals surface area contributed by atoms with Crippen LogP contribution in [0.3, 0.4) is 0 Å². The molecule has 2 aromatic rings. The topological polar surface area (TPSA) is 110 Å². The van der Waals surface area contributed by atoms with Crippen molar-refractivity contribution in [2.75, 3.05) is 23.9 Å². The van der Waals surface area contributed by atoms with E-state index in [0.717, 1.165) is 12.3 Å². The van der Waals surface area contributed by atoms with Gasteiger partial charge >= 0.3 is 35.7 Å². The van der Waals surface area contributed by atoms with Gasteiger partial charge < -0.3 is 25.9 Å². The Labute approximate surface area is 238 Å². The van der Waals surface area contributed by atoms with Crippen LogP contribution in [0.25, 0.3) is 11.1 Å². The molecule has 0 unspecified atom stereocenters. The summed E-state index contributed by atoms with van der Waals surface area (Å²) in [7, 11) is 0. The van der Waals surface area contributed by atoms with Crippen LogP contribution < -0.4 is 50.6 Å². The summed E-state index contributed by atoms with van der Waals surface area (Å²) in [4.78, 5) is 37.2. The number of benzene rings is 2. The predicted molar refractivity (Wildman–Crippen MR) is 130 cm³/mol. The Bertz CT molecular complexity index is 1200.